The van der Waals surface area contributed by atoms with E-state index in [1.165, 1.54) is 5.01 Å². The normalized spacial score (nSPS) is 23.8. The third-order valence-electron chi connectivity index (χ3n) is 1.85. The molecule has 1 unspecified atom stereocenters. The third-order valence-corrected chi connectivity index (χ3v) is 1.85. The predicted octanol–water partition coefficient (Wildman–Crippen LogP) is -0.372. The van der Waals surface area contributed by atoms with Crippen molar-refractivity contribution < 1.29 is 9.59 Å². The summed E-state index contributed by atoms with van der Waals surface area (Å²) in [6.45, 7) is 1.58. The summed E-state index contributed by atoms with van der Waals surface area (Å²) in [6.07, 6.45) is 0. The van der Waals surface area contributed by atoms with Crippen molar-refractivity contribution in [3.8, 4) is 0 Å². The highest BCUT2D eigenvalue weighted by Gasteiger charge is 2.35. The van der Waals surface area contributed by atoms with Crippen molar-refractivity contribution in [2.24, 2.45) is 5.92 Å². The molecule has 2 N–H and O–H groups in total. The minimum Gasteiger partial charge on any atom is -0.286 e. The van der Waals surface area contributed by atoms with Crippen LogP contribution in [0.1, 0.15) is 6.92 Å². The number of carbonyl (C=O) groups is 2. The van der Waals surface area contributed by atoms with Gasteiger partial charge in [0, 0.05) is 14.1 Å². The van der Waals surface area contributed by atoms with Crippen molar-refractivity contribution in [1.29, 1.82) is 5.41 Å². The number of hydrogen-bond donors (Lipinski definition) is 2. The Morgan fingerprint density at radius 3 is 2.46 bits per heavy atom. The lowest BCUT2D eigenvalue weighted by atomic mass is 10.1. The van der Waals surface area contributed by atoms with E-state index in [0.29, 0.717) is 0 Å². The van der Waals surface area contributed by atoms with Gasteiger partial charge in [0.25, 0.3) is 0 Å². The van der Waals surface area contributed by atoms with Crippen LogP contribution in [0.25, 0.3) is 0 Å². The molecule has 1 saturated heterocycles. The molecule has 6 heteroatoms. The van der Waals surface area contributed by atoms with E-state index in [1.807, 2.05) is 0 Å². The SMILES string of the molecule is CC1C(=N)N(N(C)C)C(=O)NC1=O. The van der Waals surface area contributed by atoms with E-state index in [4.69, 9.17) is 5.41 Å². The zero-order chi connectivity index (χ0) is 10.2. The number of nitrogens with one attached hydrogen (secondary N) is 2. The molecule has 72 valence electrons. The molecule has 1 aliphatic rings. The van der Waals surface area contributed by atoms with Gasteiger partial charge in [0.1, 0.15) is 5.84 Å². The Balaban J connectivity index is 2.92. The van der Waals surface area contributed by atoms with E-state index >= 15 is 0 Å². The highest BCUT2D eigenvalue weighted by atomic mass is 16.2. The van der Waals surface area contributed by atoms with Crippen molar-refractivity contribution >= 4 is 17.8 Å². The van der Waals surface area contributed by atoms with E-state index in [0.717, 1.165) is 5.01 Å². The smallest absolute Gasteiger partial charge is 0.286 e. The van der Waals surface area contributed by atoms with Crippen molar-refractivity contribution in [2.75, 3.05) is 14.1 Å². The Hall–Kier alpha value is -1.43. The third kappa shape index (κ3) is 1.52. The molecular formula is C7H12N4O2. The fourth-order valence-corrected chi connectivity index (χ4v) is 1.08. The van der Waals surface area contributed by atoms with Gasteiger partial charge in [0.2, 0.25) is 5.91 Å². The average molecular weight is 184 g/mol. The second-order valence-electron chi connectivity index (χ2n) is 3.06. The van der Waals surface area contributed by atoms with Crippen LogP contribution in [0.3, 0.4) is 0 Å². The lowest BCUT2D eigenvalue weighted by Crippen LogP contribution is -2.60. The first-order valence-electron chi connectivity index (χ1n) is 3.85. The number of hydrogen-bond acceptors (Lipinski definition) is 4. The summed E-state index contributed by atoms with van der Waals surface area (Å²) in [6, 6.07) is -0.571. The highest BCUT2D eigenvalue weighted by Crippen LogP contribution is 2.10. The van der Waals surface area contributed by atoms with Crippen LogP contribution in [0.2, 0.25) is 0 Å². The number of amidine groups is 1. The second-order valence-corrected chi connectivity index (χ2v) is 3.06. The molecule has 1 rings (SSSR count). The molecule has 0 saturated carbocycles. The number of hydrazine groups is 1. The monoisotopic (exact) mass is 184 g/mol. The van der Waals surface area contributed by atoms with Gasteiger partial charge < -0.3 is 0 Å². The van der Waals surface area contributed by atoms with Crippen LogP contribution >= 0.6 is 0 Å². The van der Waals surface area contributed by atoms with E-state index in [9.17, 15) is 9.59 Å². The molecule has 1 heterocycles. The topological polar surface area (TPSA) is 76.5 Å². The molecule has 1 fully saturated rings. The zero-order valence-electron chi connectivity index (χ0n) is 7.79. The number of carbonyl (C=O) groups excluding carboxylic acids is 2. The molecule has 3 amide bonds. The number of urea groups is 1. The quantitative estimate of drug-likeness (QED) is 0.583. The van der Waals surface area contributed by atoms with Crippen LogP contribution in [0.4, 0.5) is 4.79 Å². The molecule has 0 aliphatic carbocycles. The van der Waals surface area contributed by atoms with E-state index in [1.54, 1.807) is 21.0 Å². The van der Waals surface area contributed by atoms with Gasteiger partial charge in [-0.1, -0.05) is 0 Å². The van der Waals surface area contributed by atoms with Crippen LogP contribution in [-0.4, -0.2) is 41.9 Å². The first-order chi connectivity index (χ1) is 5.95. The maximum absolute atomic E-state index is 11.2. The molecule has 6 nitrogen and oxygen atoms in total. The Labute approximate surface area is 76.0 Å². The minimum absolute atomic E-state index is 0.00116. The molecule has 0 bridgehead atoms. The fraction of sp³-hybridized carbons (Fsp3) is 0.571. The van der Waals surface area contributed by atoms with Gasteiger partial charge in [-0.25, -0.2) is 14.8 Å². The summed E-state index contributed by atoms with van der Waals surface area (Å²) in [5, 5.41) is 12.3. The van der Waals surface area contributed by atoms with Crippen molar-refractivity contribution in [1.82, 2.24) is 15.3 Å². The second kappa shape index (κ2) is 3.14. The van der Waals surface area contributed by atoms with E-state index in [2.05, 4.69) is 5.32 Å². The van der Waals surface area contributed by atoms with Gasteiger partial charge >= 0.3 is 6.03 Å². The molecule has 0 spiro atoms. The van der Waals surface area contributed by atoms with Gasteiger partial charge in [0.15, 0.2) is 0 Å². The maximum atomic E-state index is 11.2. The Morgan fingerprint density at radius 1 is 1.46 bits per heavy atom. The molecule has 1 aliphatic heterocycles. The molecule has 0 aromatic carbocycles. The summed E-state index contributed by atoms with van der Waals surface area (Å²) in [5.41, 5.74) is 0. The standard InChI is InChI=1S/C7H12N4O2/c1-4-5(8)11(10(2)3)7(13)9-6(4)12/h4,8H,1-3H3,(H,9,12,13). The molecule has 0 aromatic heterocycles. The van der Waals surface area contributed by atoms with Crippen LogP contribution in [-0.2, 0) is 4.79 Å². The van der Waals surface area contributed by atoms with Gasteiger partial charge in [-0.3, -0.25) is 15.5 Å². The zero-order valence-corrected chi connectivity index (χ0v) is 7.79. The Morgan fingerprint density at radius 2 is 2.00 bits per heavy atom. The molecule has 13 heavy (non-hydrogen) atoms. The van der Waals surface area contributed by atoms with Crippen molar-refractivity contribution in [3.05, 3.63) is 0 Å². The minimum atomic E-state index is -0.583. The fourth-order valence-electron chi connectivity index (χ4n) is 1.08. The molecular weight excluding hydrogens is 172 g/mol. The summed E-state index contributed by atoms with van der Waals surface area (Å²) in [5.74, 6) is -1.01. The van der Waals surface area contributed by atoms with Crippen LogP contribution < -0.4 is 5.32 Å². The van der Waals surface area contributed by atoms with Gasteiger partial charge in [-0.05, 0) is 6.92 Å². The van der Waals surface area contributed by atoms with Crippen LogP contribution in [0, 0.1) is 11.3 Å². The average Bonchev–Trinajstić information content (AvgIpc) is 1.99. The largest absolute Gasteiger partial charge is 0.344 e. The van der Waals surface area contributed by atoms with E-state index in [-0.39, 0.29) is 5.84 Å². The summed E-state index contributed by atoms with van der Waals surface area (Å²) in [4.78, 5) is 22.3. The predicted molar refractivity (Wildman–Crippen MR) is 46.0 cm³/mol. The lowest BCUT2D eigenvalue weighted by Gasteiger charge is -2.34. The maximum Gasteiger partial charge on any atom is 0.344 e. The van der Waals surface area contributed by atoms with Crippen molar-refractivity contribution in [2.45, 2.75) is 6.92 Å². The van der Waals surface area contributed by atoms with Crippen LogP contribution in [0.5, 0.6) is 0 Å². The molecule has 0 aromatic rings. The number of rotatable bonds is 1. The molecule has 1 atom stereocenters. The lowest BCUT2D eigenvalue weighted by molar-refractivity contribution is -0.123. The first-order valence-corrected chi connectivity index (χ1v) is 3.85. The molecule has 0 radical (unpaired) electrons. The Kier molecular flexibility index (Phi) is 2.33. The highest BCUT2D eigenvalue weighted by molar-refractivity contribution is 6.16. The number of nitrogens with zero attached hydrogens (tertiary/aromatic N) is 2. The van der Waals surface area contributed by atoms with Gasteiger partial charge in [-0.15, -0.1) is 0 Å². The van der Waals surface area contributed by atoms with E-state index < -0.39 is 17.9 Å². The summed E-state index contributed by atoms with van der Waals surface area (Å²) < 4.78 is 0. The number of amides is 3. The summed E-state index contributed by atoms with van der Waals surface area (Å²) in [7, 11) is 3.27. The van der Waals surface area contributed by atoms with Gasteiger partial charge in [-0.2, -0.15) is 0 Å². The number of imide groups is 1. The first kappa shape index (κ1) is 9.66. The Bertz CT molecular complexity index is 274. The van der Waals surface area contributed by atoms with Gasteiger partial charge in [0.05, 0.1) is 5.92 Å². The van der Waals surface area contributed by atoms with Crippen LogP contribution in [0.15, 0.2) is 0 Å². The summed E-state index contributed by atoms with van der Waals surface area (Å²) >= 11 is 0. The van der Waals surface area contributed by atoms with Crippen molar-refractivity contribution in [3.63, 3.8) is 0 Å².